The van der Waals surface area contributed by atoms with Gasteiger partial charge >= 0.3 is 0 Å². The van der Waals surface area contributed by atoms with Crippen LogP contribution in [0, 0.1) is 13.8 Å². The van der Waals surface area contributed by atoms with E-state index in [1.165, 1.54) is 22.4 Å². The van der Waals surface area contributed by atoms with Crippen LogP contribution in [0.25, 0.3) is 0 Å². The molecular formula is C22H27N3O. The number of hydrogen-bond donors (Lipinski definition) is 1. The second kappa shape index (κ2) is 8.19. The van der Waals surface area contributed by atoms with Gasteiger partial charge in [0.05, 0.1) is 19.3 Å². The standard InChI is InChI=1S/C22H27N3O/c1-16(20-12-8-9-13-22(20)26-4)23-14-21-17(2)24-25(18(21)3)15-19-10-6-5-7-11-19/h5-13,16,23H,14-15H2,1-4H3/t16-/m0/s1. The number of rotatable bonds is 7. The van der Waals surface area contributed by atoms with E-state index < -0.39 is 0 Å². The van der Waals surface area contributed by atoms with Gasteiger partial charge in [-0.25, -0.2) is 0 Å². The van der Waals surface area contributed by atoms with Crippen LogP contribution in [0.5, 0.6) is 5.75 Å². The third kappa shape index (κ3) is 3.97. The van der Waals surface area contributed by atoms with Crippen LogP contribution in [0.3, 0.4) is 0 Å². The van der Waals surface area contributed by atoms with Crippen LogP contribution in [0.1, 0.15) is 41.0 Å². The molecule has 4 heteroatoms. The second-order valence-corrected chi connectivity index (χ2v) is 6.64. The van der Waals surface area contributed by atoms with E-state index in [1.54, 1.807) is 7.11 Å². The Labute approximate surface area is 155 Å². The maximum Gasteiger partial charge on any atom is 0.123 e. The van der Waals surface area contributed by atoms with Crippen molar-refractivity contribution in [1.29, 1.82) is 0 Å². The van der Waals surface area contributed by atoms with Crippen LogP contribution >= 0.6 is 0 Å². The number of nitrogens with zero attached hydrogens (tertiary/aromatic N) is 2. The fourth-order valence-electron chi connectivity index (χ4n) is 3.29. The van der Waals surface area contributed by atoms with Gasteiger partial charge in [-0.05, 0) is 32.4 Å². The third-order valence-electron chi connectivity index (χ3n) is 4.90. The number of hydrogen-bond acceptors (Lipinski definition) is 3. The lowest BCUT2D eigenvalue weighted by Gasteiger charge is -2.17. The SMILES string of the molecule is COc1ccccc1[C@H](C)NCc1c(C)nn(Cc2ccccc2)c1C. The molecule has 0 saturated heterocycles. The molecule has 0 saturated carbocycles. The molecule has 4 nitrogen and oxygen atoms in total. The number of benzene rings is 2. The van der Waals surface area contributed by atoms with Gasteiger partial charge in [0, 0.05) is 29.4 Å². The summed E-state index contributed by atoms with van der Waals surface area (Å²) in [6, 6.07) is 18.8. The summed E-state index contributed by atoms with van der Waals surface area (Å²) in [6.45, 7) is 7.98. The van der Waals surface area contributed by atoms with E-state index in [-0.39, 0.29) is 6.04 Å². The Bertz CT molecular complexity index is 855. The number of para-hydroxylation sites is 1. The quantitative estimate of drug-likeness (QED) is 0.687. The lowest BCUT2D eigenvalue weighted by molar-refractivity contribution is 0.401. The van der Waals surface area contributed by atoms with Gasteiger partial charge < -0.3 is 10.1 Å². The van der Waals surface area contributed by atoms with Crippen LogP contribution in [-0.4, -0.2) is 16.9 Å². The fraction of sp³-hybridized carbons (Fsp3) is 0.318. The van der Waals surface area contributed by atoms with Crippen LogP contribution in [0.15, 0.2) is 54.6 Å². The van der Waals surface area contributed by atoms with Gasteiger partial charge in [0.25, 0.3) is 0 Å². The van der Waals surface area contributed by atoms with E-state index >= 15 is 0 Å². The lowest BCUT2D eigenvalue weighted by Crippen LogP contribution is -2.19. The van der Waals surface area contributed by atoms with Crippen molar-refractivity contribution in [2.24, 2.45) is 0 Å². The summed E-state index contributed by atoms with van der Waals surface area (Å²) in [6.07, 6.45) is 0. The van der Waals surface area contributed by atoms with Gasteiger partial charge in [-0.1, -0.05) is 48.5 Å². The molecule has 0 unspecified atom stereocenters. The number of ether oxygens (including phenoxy) is 1. The highest BCUT2D eigenvalue weighted by molar-refractivity contribution is 5.36. The van der Waals surface area contributed by atoms with Crippen LogP contribution in [-0.2, 0) is 13.1 Å². The Morgan fingerprint density at radius 3 is 2.46 bits per heavy atom. The minimum atomic E-state index is 0.197. The van der Waals surface area contributed by atoms with E-state index in [0.717, 1.165) is 24.5 Å². The third-order valence-corrected chi connectivity index (χ3v) is 4.90. The predicted octanol–water partition coefficient (Wildman–Crippen LogP) is 4.41. The fourth-order valence-corrected chi connectivity index (χ4v) is 3.29. The molecule has 1 N–H and O–H groups in total. The van der Waals surface area contributed by atoms with Gasteiger partial charge in [-0.15, -0.1) is 0 Å². The van der Waals surface area contributed by atoms with Crippen LogP contribution < -0.4 is 10.1 Å². The van der Waals surface area contributed by atoms with Gasteiger partial charge in [0.15, 0.2) is 0 Å². The molecule has 1 atom stereocenters. The molecule has 3 aromatic rings. The molecule has 0 amide bonds. The summed E-state index contributed by atoms with van der Waals surface area (Å²) in [5.41, 5.74) is 5.99. The average Bonchev–Trinajstić information content (AvgIpc) is 2.93. The highest BCUT2D eigenvalue weighted by Crippen LogP contribution is 2.25. The summed E-state index contributed by atoms with van der Waals surface area (Å²) in [5, 5.41) is 8.36. The van der Waals surface area contributed by atoms with E-state index in [0.29, 0.717) is 0 Å². The zero-order valence-corrected chi connectivity index (χ0v) is 16.0. The van der Waals surface area contributed by atoms with Crippen molar-refractivity contribution in [3.63, 3.8) is 0 Å². The van der Waals surface area contributed by atoms with E-state index in [4.69, 9.17) is 9.84 Å². The molecule has 0 spiro atoms. The van der Waals surface area contributed by atoms with Crippen molar-refractivity contribution >= 4 is 0 Å². The molecule has 0 bridgehead atoms. The van der Waals surface area contributed by atoms with E-state index in [1.807, 2.05) is 24.3 Å². The van der Waals surface area contributed by atoms with Gasteiger partial charge in [0.2, 0.25) is 0 Å². The maximum atomic E-state index is 5.48. The van der Waals surface area contributed by atoms with Crippen molar-refractivity contribution in [1.82, 2.24) is 15.1 Å². The molecule has 2 aromatic carbocycles. The van der Waals surface area contributed by atoms with Crippen LogP contribution in [0.2, 0.25) is 0 Å². The molecule has 0 radical (unpaired) electrons. The molecule has 1 aromatic heterocycles. The Morgan fingerprint density at radius 2 is 1.73 bits per heavy atom. The predicted molar refractivity (Wildman–Crippen MR) is 105 cm³/mol. The van der Waals surface area contributed by atoms with Crippen molar-refractivity contribution in [2.75, 3.05) is 7.11 Å². The van der Waals surface area contributed by atoms with Crippen molar-refractivity contribution in [3.8, 4) is 5.75 Å². The number of methoxy groups -OCH3 is 1. The highest BCUT2D eigenvalue weighted by atomic mass is 16.5. The maximum absolute atomic E-state index is 5.48. The molecule has 0 aliphatic heterocycles. The van der Waals surface area contributed by atoms with E-state index in [2.05, 4.69) is 61.1 Å². The molecule has 0 aliphatic rings. The largest absolute Gasteiger partial charge is 0.496 e. The summed E-state index contributed by atoms with van der Waals surface area (Å²) in [4.78, 5) is 0. The summed E-state index contributed by atoms with van der Waals surface area (Å²) in [7, 11) is 1.72. The minimum Gasteiger partial charge on any atom is -0.496 e. The first kappa shape index (κ1) is 18.2. The van der Waals surface area contributed by atoms with Crippen molar-refractivity contribution in [2.45, 2.75) is 39.9 Å². The zero-order valence-electron chi connectivity index (χ0n) is 16.0. The highest BCUT2D eigenvalue weighted by Gasteiger charge is 2.15. The Kier molecular flexibility index (Phi) is 5.74. The molecule has 3 rings (SSSR count). The summed E-state index contributed by atoms with van der Waals surface area (Å²) >= 11 is 0. The van der Waals surface area contributed by atoms with Gasteiger partial charge in [0.1, 0.15) is 5.75 Å². The minimum absolute atomic E-state index is 0.197. The normalized spacial score (nSPS) is 12.2. The first-order valence-electron chi connectivity index (χ1n) is 9.03. The summed E-state index contributed by atoms with van der Waals surface area (Å²) in [5.74, 6) is 0.917. The molecule has 26 heavy (non-hydrogen) atoms. The molecule has 136 valence electrons. The van der Waals surface area contributed by atoms with Gasteiger partial charge in [-0.3, -0.25) is 4.68 Å². The monoisotopic (exact) mass is 349 g/mol. The molecular weight excluding hydrogens is 322 g/mol. The summed E-state index contributed by atoms with van der Waals surface area (Å²) < 4.78 is 7.57. The van der Waals surface area contributed by atoms with Crippen molar-refractivity contribution in [3.05, 3.63) is 82.7 Å². The van der Waals surface area contributed by atoms with E-state index in [9.17, 15) is 0 Å². The Balaban J connectivity index is 1.72. The Hall–Kier alpha value is -2.59. The number of aromatic nitrogens is 2. The molecule has 0 fully saturated rings. The Morgan fingerprint density at radius 1 is 1.04 bits per heavy atom. The first-order chi connectivity index (χ1) is 12.6. The van der Waals surface area contributed by atoms with Crippen molar-refractivity contribution < 1.29 is 4.74 Å². The number of aryl methyl sites for hydroxylation is 1. The van der Waals surface area contributed by atoms with Gasteiger partial charge in [-0.2, -0.15) is 5.10 Å². The topological polar surface area (TPSA) is 39.1 Å². The average molecular weight is 349 g/mol. The molecule has 0 aliphatic carbocycles. The lowest BCUT2D eigenvalue weighted by atomic mass is 10.1. The first-order valence-corrected chi connectivity index (χ1v) is 9.03. The second-order valence-electron chi connectivity index (χ2n) is 6.64. The molecule has 1 heterocycles. The van der Waals surface area contributed by atoms with Crippen LogP contribution in [0.4, 0.5) is 0 Å². The smallest absolute Gasteiger partial charge is 0.123 e. The number of nitrogens with one attached hydrogen (secondary N) is 1. The zero-order chi connectivity index (χ0) is 18.5.